The lowest BCUT2D eigenvalue weighted by Gasteiger charge is -2.31. The van der Waals surface area contributed by atoms with Crippen molar-refractivity contribution in [2.75, 3.05) is 18.8 Å². The van der Waals surface area contributed by atoms with E-state index in [2.05, 4.69) is 15.3 Å². The highest BCUT2D eigenvalue weighted by molar-refractivity contribution is 7.88. The first-order valence-electron chi connectivity index (χ1n) is 10.7. The average Bonchev–Trinajstić information content (AvgIpc) is 2.81. The van der Waals surface area contributed by atoms with Gasteiger partial charge in [-0.25, -0.2) is 26.9 Å². The maximum Gasteiger partial charge on any atom is 0.312 e. The second-order valence-corrected chi connectivity index (χ2v) is 10.1. The minimum absolute atomic E-state index is 0.111. The van der Waals surface area contributed by atoms with Gasteiger partial charge in [0.15, 0.2) is 0 Å². The molecule has 178 valence electrons. The van der Waals surface area contributed by atoms with E-state index >= 15 is 0 Å². The van der Waals surface area contributed by atoms with Crippen molar-refractivity contribution in [2.24, 2.45) is 5.73 Å². The van der Waals surface area contributed by atoms with E-state index < -0.39 is 27.6 Å². The standard InChI is InChI=1S/C23H25FN6O3S/c24-20-3-1-2-18(15-4-6-16(7-5-15)21-12-28-22(25)13-27-21)19(20)14-34(32,33)30-10-8-17(9-11-30)29-23(26)31/h1-7,12-13,17H,8-11,14H2,(H2,25,28)(H3,26,29,31). The quantitative estimate of drug-likeness (QED) is 0.490. The third-order valence-electron chi connectivity index (χ3n) is 5.80. The fourth-order valence-corrected chi connectivity index (χ4v) is 5.64. The first kappa shape index (κ1) is 23.6. The number of carbonyl (C=O) groups excluding carboxylic acids is 1. The van der Waals surface area contributed by atoms with E-state index in [9.17, 15) is 17.6 Å². The first-order chi connectivity index (χ1) is 16.2. The number of nitrogens with one attached hydrogen (secondary N) is 1. The lowest BCUT2D eigenvalue weighted by atomic mass is 9.98. The summed E-state index contributed by atoms with van der Waals surface area (Å²) in [6.45, 7) is 0.461. The molecule has 0 atom stereocenters. The summed E-state index contributed by atoms with van der Waals surface area (Å²) >= 11 is 0. The van der Waals surface area contributed by atoms with Crippen molar-refractivity contribution in [3.8, 4) is 22.4 Å². The fourth-order valence-electron chi connectivity index (χ4n) is 4.04. The number of rotatable bonds is 6. The summed E-state index contributed by atoms with van der Waals surface area (Å²) in [5, 5.41) is 2.60. The van der Waals surface area contributed by atoms with E-state index in [0.29, 0.717) is 35.5 Å². The van der Waals surface area contributed by atoms with Crippen LogP contribution in [-0.2, 0) is 15.8 Å². The van der Waals surface area contributed by atoms with E-state index in [-0.39, 0.29) is 24.7 Å². The topological polar surface area (TPSA) is 144 Å². The molecule has 2 amide bonds. The second-order valence-electron chi connectivity index (χ2n) is 8.11. The molecule has 5 N–H and O–H groups in total. The number of sulfonamides is 1. The third-order valence-corrected chi connectivity index (χ3v) is 7.61. The summed E-state index contributed by atoms with van der Waals surface area (Å²) in [4.78, 5) is 19.3. The number of hydrogen-bond donors (Lipinski definition) is 3. The van der Waals surface area contributed by atoms with Crippen molar-refractivity contribution < 1.29 is 17.6 Å². The predicted molar refractivity (Wildman–Crippen MR) is 127 cm³/mol. The number of urea groups is 1. The van der Waals surface area contributed by atoms with Crippen molar-refractivity contribution in [1.82, 2.24) is 19.6 Å². The molecule has 2 aromatic carbocycles. The van der Waals surface area contributed by atoms with Gasteiger partial charge in [-0.2, -0.15) is 0 Å². The number of aromatic nitrogens is 2. The Morgan fingerprint density at radius 1 is 1.06 bits per heavy atom. The van der Waals surface area contributed by atoms with Gasteiger partial charge >= 0.3 is 6.03 Å². The van der Waals surface area contributed by atoms with Gasteiger partial charge in [-0.1, -0.05) is 36.4 Å². The molecule has 2 heterocycles. The molecule has 0 spiro atoms. The Labute approximate surface area is 197 Å². The Hall–Kier alpha value is -3.57. The Morgan fingerprint density at radius 3 is 2.35 bits per heavy atom. The Balaban J connectivity index is 1.55. The number of halogens is 1. The van der Waals surface area contributed by atoms with Crippen molar-refractivity contribution in [3.63, 3.8) is 0 Å². The zero-order valence-corrected chi connectivity index (χ0v) is 19.1. The first-order valence-corrected chi connectivity index (χ1v) is 12.3. The molecular weight excluding hydrogens is 459 g/mol. The number of benzene rings is 2. The number of carbonyl (C=O) groups is 1. The van der Waals surface area contributed by atoms with E-state index in [1.54, 1.807) is 30.5 Å². The fraction of sp³-hybridized carbons (Fsp3) is 0.261. The highest BCUT2D eigenvalue weighted by Crippen LogP contribution is 2.30. The van der Waals surface area contributed by atoms with Gasteiger partial charge in [-0.3, -0.25) is 4.98 Å². The maximum atomic E-state index is 14.8. The Bertz CT molecular complexity index is 1280. The number of anilines is 1. The van der Waals surface area contributed by atoms with Gasteiger partial charge in [0.05, 0.1) is 23.8 Å². The van der Waals surface area contributed by atoms with Crippen LogP contribution in [0.1, 0.15) is 18.4 Å². The minimum atomic E-state index is -3.78. The predicted octanol–water partition coefficient (Wildman–Crippen LogP) is 2.49. The molecule has 0 aliphatic carbocycles. The molecule has 1 saturated heterocycles. The molecule has 1 aromatic heterocycles. The molecule has 0 unspecified atom stereocenters. The summed E-state index contributed by atoms with van der Waals surface area (Å²) in [5.41, 5.74) is 13.5. The van der Waals surface area contributed by atoms with Crippen LogP contribution in [0.2, 0.25) is 0 Å². The van der Waals surface area contributed by atoms with E-state index in [1.165, 1.54) is 16.6 Å². The summed E-state index contributed by atoms with van der Waals surface area (Å²) in [7, 11) is -3.78. The van der Waals surface area contributed by atoms with Gasteiger partial charge < -0.3 is 16.8 Å². The number of amides is 2. The summed E-state index contributed by atoms with van der Waals surface area (Å²) in [6, 6.07) is 10.9. The van der Waals surface area contributed by atoms with Gasteiger partial charge in [-0.15, -0.1) is 0 Å². The molecule has 0 bridgehead atoms. The average molecular weight is 485 g/mol. The van der Waals surface area contributed by atoms with Crippen LogP contribution in [0.15, 0.2) is 54.9 Å². The van der Waals surface area contributed by atoms with E-state index in [4.69, 9.17) is 11.5 Å². The smallest absolute Gasteiger partial charge is 0.312 e. The van der Waals surface area contributed by atoms with Crippen LogP contribution >= 0.6 is 0 Å². The second kappa shape index (κ2) is 9.74. The molecule has 3 aromatic rings. The van der Waals surface area contributed by atoms with Gasteiger partial charge in [0.2, 0.25) is 10.0 Å². The molecule has 9 nitrogen and oxygen atoms in total. The maximum absolute atomic E-state index is 14.8. The van der Waals surface area contributed by atoms with Crippen molar-refractivity contribution in [2.45, 2.75) is 24.6 Å². The SMILES string of the molecule is NC(=O)NC1CCN(S(=O)(=O)Cc2c(F)cccc2-c2ccc(-c3cnc(N)cn3)cc2)CC1. The van der Waals surface area contributed by atoms with Gasteiger partial charge in [-0.05, 0) is 30.0 Å². The van der Waals surface area contributed by atoms with Crippen LogP contribution in [0.3, 0.4) is 0 Å². The van der Waals surface area contributed by atoms with E-state index in [0.717, 1.165) is 5.56 Å². The third kappa shape index (κ3) is 5.32. The molecule has 1 aliphatic heterocycles. The molecular formula is C23H25FN6O3S. The summed E-state index contributed by atoms with van der Waals surface area (Å²) in [6.07, 6.45) is 3.92. The number of nitrogen functional groups attached to an aromatic ring is 1. The van der Waals surface area contributed by atoms with Crippen LogP contribution in [0, 0.1) is 5.82 Å². The molecule has 1 fully saturated rings. The van der Waals surface area contributed by atoms with Crippen LogP contribution < -0.4 is 16.8 Å². The molecule has 4 rings (SSSR count). The van der Waals surface area contributed by atoms with Crippen molar-refractivity contribution in [3.05, 3.63) is 66.2 Å². The largest absolute Gasteiger partial charge is 0.382 e. The van der Waals surface area contributed by atoms with Crippen LogP contribution in [0.25, 0.3) is 22.4 Å². The van der Waals surface area contributed by atoms with Gasteiger partial charge in [0.1, 0.15) is 11.6 Å². The van der Waals surface area contributed by atoms with Gasteiger partial charge in [0.25, 0.3) is 0 Å². The van der Waals surface area contributed by atoms with Gasteiger partial charge in [0, 0.05) is 30.3 Å². The minimum Gasteiger partial charge on any atom is -0.382 e. The number of nitrogens with two attached hydrogens (primary N) is 2. The number of hydrogen-bond acceptors (Lipinski definition) is 6. The summed E-state index contributed by atoms with van der Waals surface area (Å²) < 4.78 is 42.4. The highest BCUT2D eigenvalue weighted by atomic mass is 32.2. The van der Waals surface area contributed by atoms with Crippen LogP contribution in [0.4, 0.5) is 15.0 Å². The van der Waals surface area contributed by atoms with E-state index in [1.807, 2.05) is 12.1 Å². The lowest BCUT2D eigenvalue weighted by molar-refractivity contribution is 0.235. The van der Waals surface area contributed by atoms with Crippen LogP contribution in [-0.4, -0.2) is 47.9 Å². The molecule has 0 saturated carbocycles. The van der Waals surface area contributed by atoms with Crippen molar-refractivity contribution >= 4 is 21.9 Å². The highest BCUT2D eigenvalue weighted by Gasteiger charge is 2.30. The monoisotopic (exact) mass is 484 g/mol. The zero-order valence-electron chi connectivity index (χ0n) is 18.3. The number of primary amides is 1. The Kier molecular flexibility index (Phi) is 6.75. The molecule has 11 heteroatoms. The summed E-state index contributed by atoms with van der Waals surface area (Å²) in [5.74, 6) is -0.729. The Morgan fingerprint density at radius 2 is 1.74 bits per heavy atom. The number of piperidine rings is 1. The molecule has 0 radical (unpaired) electrons. The number of nitrogens with zero attached hydrogens (tertiary/aromatic N) is 3. The molecule has 34 heavy (non-hydrogen) atoms. The zero-order chi connectivity index (χ0) is 24.3. The van der Waals surface area contributed by atoms with Crippen LogP contribution in [0.5, 0.6) is 0 Å². The van der Waals surface area contributed by atoms with Crippen molar-refractivity contribution in [1.29, 1.82) is 0 Å². The normalized spacial score (nSPS) is 15.2. The molecule has 1 aliphatic rings. The lowest BCUT2D eigenvalue weighted by Crippen LogP contribution is -2.48.